The van der Waals surface area contributed by atoms with Crippen molar-refractivity contribution in [2.45, 2.75) is 6.92 Å². The predicted octanol–water partition coefficient (Wildman–Crippen LogP) is 2.72. The van der Waals surface area contributed by atoms with Gasteiger partial charge in [0.2, 0.25) is 0 Å². The van der Waals surface area contributed by atoms with Gasteiger partial charge < -0.3 is 30.2 Å². The van der Waals surface area contributed by atoms with E-state index in [-0.39, 0.29) is 22.9 Å². The number of aromatic carboxylic acids is 1. The van der Waals surface area contributed by atoms with Crippen LogP contribution < -0.4 is 10.2 Å². The second-order valence-corrected chi connectivity index (χ2v) is 5.91. The zero-order valence-corrected chi connectivity index (χ0v) is 16.3. The Hall–Kier alpha value is -2.27. The Morgan fingerprint density at radius 3 is 2.58 bits per heavy atom. The number of alkyl halides is 1. The Kier molecular flexibility index (Phi) is 7.27. The zero-order valence-electron chi connectivity index (χ0n) is 14.2. The molecule has 0 aliphatic rings. The number of hydrogen-bond donors (Lipinski definition) is 4. The summed E-state index contributed by atoms with van der Waals surface area (Å²) >= 11 is 2.07. The third-order valence-corrected chi connectivity index (χ3v) is 4.08. The minimum absolute atomic E-state index is 0.0668. The number of carboxylic acids is 1. The van der Waals surface area contributed by atoms with E-state index < -0.39 is 5.97 Å². The van der Waals surface area contributed by atoms with Gasteiger partial charge in [0.15, 0.2) is 11.6 Å². The largest absolute Gasteiger partial charge is 0.504 e. The molecule has 4 N–H and O–H groups in total. The van der Waals surface area contributed by atoms with Crippen molar-refractivity contribution in [1.29, 1.82) is 0 Å². The van der Waals surface area contributed by atoms with Gasteiger partial charge in [0.05, 0.1) is 16.8 Å². The van der Waals surface area contributed by atoms with Gasteiger partial charge in [0, 0.05) is 24.8 Å². The molecule has 1 heterocycles. The summed E-state index contributed by atoms with van der Waals surface area (Å²) in [6, 6.07) is 7.63. The SMILES string of the molecule is CCN(c1ccc(C(=O)O)cc1)c1[nH]c(C(=O)NCCOCI)cc1O. The highest BCUT2D eigenvalue weighted by Crippen LogP contribution is 2.33. The molecule has 2 rings (SSSR count). The lowest BCUT2D eigenvalue weighted by molar-refractivity contribution is 0.0696. The molecule has 0 aliphatic carbocycles. The smallest absolute Gasteiger partial charge is 0.335 e. The van der Waals surface area contributed by atoms with E-state index in [2.05, 4.69) is 32.9 Å². The number of halogens is 1. The van der Waals surface area contributed by atoms with Crippen molar-refractivity contribution in [2.24, 2.45) is 0 Å². The van der Waals surface area contributed by atoms with Crippen LogP contribution in [0.2, 0.25) is 0 Å². The number of aromatic nitrogens is 1. The van der Waals surface area contributed by atoms with E-state index in [1.165, 1.54) is 18.2 Å². The van der Waals surface area contributed by atoms with Crippen LogP contribution in [0, 0.1) is 0 Å². The van der Waals surface area contributed by atoms with E-state index in [1.54, 1.807) is 17.0 Å². The second kappa shape index (κ2) is 9.43. The predicted molar refractivity (Wildman–Crippen MR) is 106 cm³/mol. The zero-order chi connectivity index (χ0) is 19.1. The number of anilines is 2. The molecule has 0 bridgehead atoms. The number of rotatable bonds is 9. The highest BCUT2D eigenvalue weighted by Gasteiger charge is 2.18. The van der Waals surface area contributed by atoms with E-state index in [0.717, 1.165) is 0 Å². The van der Waals surface area contributed by atoms with Gasteiger partial charge in [-0.1, -0.05) is 22.6 Å². The van der Waals surface area contributed by atoms with Crippen LogP contribution in [0.15, 0.2) is 30.3 Å². The molecule has 9 heteroatoms. The number of benzene rings is 1. The minimum Gasteiger partial charge on any atom is -0.504 e. The number of carboxylic acid groups (broad SMARTS) is 1. The molecule has 1 aromatic carbocycles. The van der Waals surface area contributed by atoms with E-state index >= 15 is 0 Å². The number of H-pyrrole nitrogens is 1. The summed E-state index contributed by atoms with van der Waals surface area (Å²) in [5.74, 6) is -1.05. The molecule has 0 radical (unpaired) electrons. The average molecular weight is 473 g/mol. The molecule has 8 nitrogen and oxygen atoms in total. The number of aromatic hydroxyl groups is 1. The van der Waals surface area contributed by atoms with Crippen LogP contribution in [0.5, 0.6) is 5.75 Å². The number of carbonyl (C=O) groups excluding carboxylic acids is 1. The molecule has 0 unspecified atom stereocenters. The van der Waals surface area contributed by atoms with Crippen molar-refractivity contribution in [2.75, 3.05) is 29.2 Å². The maximum absolute atomic E-state index is 12.1. The third kappa shape index (κ3) is 4.88. The lowest BCUT2D eigenvalue weighted by Crippen LogP contribution is -2.27. The fraction of sp³-hybridized carbons (Fsp3) is 0.294. The Morgan fingerprint density at radius 2 is 2.00 bits per heavy atom. The molecular weight excluding hydrogens is 453 g/mol. The Balaban J connectivity index is 2.16. The van der Waals surface area contributed by atoms with Gasteiger partial charge in [-0.15, -0.1) is 0 Å². The summed E-state index contributed by atoms with van der Waals surface area (Å²) < 4.78 is 5.70. The Bertz CT molecular complexity index is 760. The normalized spacial score (nSPS) is 10.5. The quantitative estimate of drug-likeness (QED) is 0.253. The molecule has 1 amide bonds. The van der Waals surface area contributed by atoms with Crippen LogP contribution >= 0.6 is 22.6 Å². The first-order valence-electron chi connectivity index (χ1n) is 7.92. The number of carbonyl (C=O) groups is 2. The summed E-state index contributed by atoms with van der Waals surface area (Å²) in [5, 5.41) is 21.9. The highest BCUT2D eigenvalue weighted by molar-refractivity contribution is 14.1. The maximum atomic E-state index is 12.1. The number of nitrogens with one attached hydrogen (secondary N) is 2. The standard InChI is InChI=1S/C17H20IN3O5/c1-2-21(12-5-3-11(4-6-12)17(24)25)15-14(22)9-13(20-15)16(23)19-7-8-26-10-18/h3-6,9,20,22H,2,7-8,10H2,1H3,(H,19,23)(H,24,25). The molecule has 0 atom stereocenters. The molecule has 0 aliphatic heterocycles. The van der Waals surface area contributed by atoms with Crippen LogP contribution in [0.4, 0.5) is 11.5 Å². The van der Waals surface area contributed by atoms with E-state index in [4.69, 9.17) is 9.84 Å². The van der Waals surface area contributed by atoms with Crippen molar-refractivity contribution in [3.63, 3.8) is 0 Å². The van der Waals surface area contributed by atoms with Crippen molar-refractivity contribution in [1.82, 2.24) is 10.3 Å². The van der Waals surface area contributed by atoms with E-state index in [0.29, 0.717) is 35.8 Å². The topological polar surface area (TPSA) is 115 Å². The molecule has 0 saturated carbocycles. The van der Waals surface area contributed by atoms with Gasteiger partial charge in [0.1, 0.15) is 5.69 Å². The molecular formula is C17H20IN3O5. The van der Waals surface area contributed by atoms with Gasteiger partial charge in [-0.05, 0) is 31.2 Å². The molecule has 2 aromatic rings. The summed E-state index contributed by atoms with van der Waals surface area (Å²) in [7, 11) is 0. The summed E-state index contributed by atoms with van der Waals surface area (Å²) in [5.41, 5.74) is 1.10. The summed E-state index contributed by atoms with van der Waals surface area (Å²) in [6.07, 6.45) is 0. The lowest BCUT2D eigenvalue weighted by atomic mass is 10.2. The van der Waals surface area contributed by atoms with Crippen LogP contribution in [0.1, 0.15) is 27.8 Å². The Morgan fingerprint density at radius 1 is 1.31 bits per heavy atom. The van der Waals surface area contributed by atoms with E-state index in [9.17, 15) is 14.7 Å². The molecule has 26 heavy (non-hydrogen) atoms. The third-order valence-electron chi connectivity index (χ3n) is 3.64. The number of nitrogens with zero attached hydrogens (tertiary/aromatic N) is 1. The Labute approximate surface area is 164 Å². The first kappa shape index (κ1) is 20.0. The lowest BCUT2D eigenvalue weighted by Gasteiger charge is -2.22. The van der Waals surface area contributed by atoms with Crippen LogP contribution in [-0.4, -0.2) is 51.4 Å². The van der Waals surface area contributed by atoms with Crippen LogP contribution in [0.25, 0.3) is 0 Å². The number of hydrogen-bond acceptors (Lipinski definition) is 5. The van der Waals surface area contributed by atoms with Gasteiger partial charge in [0.25, 0.3) is 5.91 Å². The number of amides is 1. The summed E-state index contributed by atoms with van der Waals surface area (Å²) in [4.78, 5) is 27.8. The van der Waals surface area contributed by atoms with Gasteiger partial charge >= 0.3 is 5.97 Å². The van der Waals surface area contributed by atoms with Gasteiger partial charge in [-0.25, -0.2) is 4.79 Å². The highest BCUT2D eigenvalue weighted by atomic mass is 127. The van der Waals surface area contributed by atoms with Gasteiger partial charge in [-0.2, -0.15) is 0 Å². The van der Waals surface area contributed by atoms with Crippen molar-refractivity contribution in [3.8, 4) is 5.75 Å². The maximum Gasteiger partial charge on any atom is 0.335 e. The van der Waals surface area contributed by atoms with E-state index in [1.807, 2.05) is 6.92 Å². The first-order chi connectivity index (χ1) is 12.5. The van der Waals surface area contributed by atoms with Crippen LogP contribution in [-0.2, 0) is 4.74 Å². The monoisotopic (exact) mass is 473 g/mol. The molecule has 0 spiro atoms. The number of aromatic amines is 1. The number of ether oxygens (including phenoxy) is 1. The first-order valence-corrected chi connectivity index (χ1v) is 9.45. The molecule has 0 saturated heterocycles. The summed E-state index contributed by atoms with van der Waals surface area (Å²) in [6.45, 7) is 3.16. The molecule has 0 fully saturated rings. The second-order valence-electron chi connectivity index (χ2n) is 5.29. The van der Waals surface area contributed by atoms with Crippen LogP contribution in [0.3, 0.4) is 0 Å². The minimum atomic E-state index is -1.01. The van der Waals surface area contributed by atoms with Crippen molar-refractivity contribution in [3.05, 3.63) is 41.6 Å². The molecule has 1 aromatic heterocycles. The fourth-order valence-electron chi connectivity index (χ4n) is 2.40. The fourth-order valence-corrected chi connectivity index (χ4v) is 2.71. The average Bonchev–Trinajstić information content (AvgIpc) is 3.01. The van der Waals surface area contributed by atoms with Crippen molar-refractivity contribution >= 4 is 46.0 Å². The molecule has 140 valence electrons. The van der Waals surface area contributed by atoms with Gasteiger partial charge in [-0.3, -0.25) is 4.79 Å². The van der Waals surface area contributed by atoms with Crippen molar-refractivity contribution < 1.29 is 24.5 Å².